The van der Waals surface area contributed by atoms with Crippen molar-refractivity contribution >= 4 is 11.6 Å². The average molecular weight is 332 g/mol. The van der Waals surface area contributed by atoms with E-state index in [1.807, 2.05) is 24.3 Å². The number of carbonyl (C=O) groups is 1. The minimum absolute atomic E-state index is 0.171. The normalized spacial score (nSPS) is 16.7. The molecule has 5 heteroatoms. The van der Waals surface area contributed by atoms with Crippen molar-refractivity contribution in [3.63, 3.8) is 0 Å². The number of nitrogens with zero attached hydrogens (tertiary/aromatic N) is 2. The molecule has 0 bridgehead atoms. The Morgan fingerprint density at radius 1 is 1.04 bits per heavy atom. The van der Waals surface area contributed by atoms with Gasteiger partial charge in [0, 0.05) is 12.0 Å². The molecular formula is C20H16N2O3. The number of hydrogen-bond acceptors (Lipinski definition) is 4. The smallest absolute Gasteiger partial charge is 0.274 e. The quantitative estimate of drug-likeness (QED) is 0.789. The molecule has 5 nitrogen and oxygen atoms in total. The summed E-state index contributed by atoms with van der Waals surface area (Å²) in [6.07, 6.45) is 2.15. The van der Waals surface area contributed by atoms with Crippen LogP contribution in [-0.2, 0) is 0 Å². The van der Waals surface area contributed by atoms with Crippen molar-refractivity contribution in [2.75, 3.05) is 0 Å². The Bertz CT molecular complexity index is 900. The number of aromatic hydroxyl groups is 1. The van der Waals surface area contributed by atoms with Gasteiger partial charge >= 0.3 is 0 Å². The SMILES string of the molecule is O=C(c1ccccc1)N1N=C(c2ccc(O)cc2)C[C@@H]1c1ccco1. The predicted molar refractivity (Wildman–Crippen MR) is 93.3 cm³/mol. The Balaban J connectivity index is 1.71. The van der Waals surface area contributed by atoms with Crippen LogP contribution in [-0.4, -0.2) is 21.7 Å². The summed E-state index contributed by atoms with van der Waals surface area (Å²) in [5, 5.41) is 15.5. The molecule has 124 valence electrons. The molecule has 1 aromatic heterocycles. The van der Waals surface area contributed by atoms with E-state index in [1.165, 1.54) is 5.01 Å². The molecule has 3 aromatic rings. The van der Waals surface area contributed by atoms with Crippen LogP contribution in [0.3, 0.4) is 0 Å². The molecule has 0 saturated carbocycles. The first kappa shape index (κ1) is 15.2. The van der Waals surface area contributed by atoms with Gasteiger partial charge in [-0.15, -0.1) is 0 Å². The molecule has 1 aliphatic heterocycles. The van der Waals surface area contributed by atoms with Crippen molar-refractivity contribution in [2.24, 2.45) is 5.10 Å². The lowest BCUT2D eigenvalue weighted by Crippen LogP contribution is -2.26. The molecule has 1 amide bonds. The lowest BCUT2D eigenvalue weighted by Gasteiger charge is -2.19. The molecule has 0 saturated heterocycles. The van der Waals surface area contributed by atoms with Gasteiger partial charge in [-0.25, -0.2) is 5.01 Å². The molecule has 2 heterocycles. The molecular weight excluding hydrogens is 316 g/mol. The van der Waals surface area contributed by atoms with Crippen LogP contribution < -0.4 is 0 Å². The second-order valence-electron chi connectivity index (χ2n) is 5.84. The zero-order valence-corrected chi connectivity index (χ0v) is 13.4. The van der Waals surface area contributed by atoms with Gasteiger partial charge in [-0.1, -0.05) is 18.2 Å². The molecule has 0 fully saturated rings. The molecule has 2 aromatic carbocycles. The van der Waals surface area contributed by atoms with Crippen LogP contribution in [0.4, 0.5) is 0 Å². The molecule has 0 radical (unpaired) electrons. The van der Waals surface area contributed by atoms with E-state index in [-0.39, 0.29) is 17.7 Å². The molecule has 25 heavy (non-hydrogen) atoms. The summed E-state index contributed by atoms with van der Waals surface area (Å²) >= 11 is 0. The van der Waals surface area contributed by atoms with Crippen molar-refractivity contribution < 1.29 is 14.3 Å². The highest BCUT2D eigenvalue weighted by atomic mass is 16.3. The highest BCUT2D eigenvalue weighted by Gasteiger charge is 2.35. The Labute approximate surface area is 144 Å². The number of furan rings is 1. The maximum atomic E-state index is 12.9. The summed E-state index contributed by atoms with van der Waals surface area (Å²) in [6, 6.07) is 19.3. The monoisotopic (exact) mass is 332 g/mol. The fourth-order valence-corrected chi connectivity index (χ4v) is 2.94. The van der Waals surface area contributed by atoms with Crippen LogP contribution in [0.1, 0.15) is 34.1 Å². The topological polar surface area (TPSA) is 66.0 Å². The van der Waals surface area contributed by atoms with Crippen molar-refractivity contribution in [2.45, 2.75) is 12.5 Å². The number of phenolic OH excluding ortho intramolecular Hbond substituents is 1. The molecule has 0 aliphatic carbocycles. The second-order valence-corrected chi connectivity index (χ2v) is 5.84. The lowest BCUT2D eigenvalue weighted by atomic mass is 10.0. The van der Waals surface area contributed by atoms with E-state index >= 15 is 0 Å². The molecule has 1 atom stereocenters. The highest BCUT2D eigenvalue weighted by molar-refractivity contribution is 6.05. The van der Waals surface area contributed by atoms with E-state index in [1.54, 1.807) is 48.7 Å². The van der Waals surface area contributed by atoms with Crippen molar-refractivity contribution in [1.82, 2.24) is 5.01 Å². The first-order chi connectivity index (χ1) is 12.2. The van der Waals surface area contributed by atoms with Crippen LogP contribution in [0.25, 0.3) is 0 Å². The van der Waals surface area contributed by atoms with Crippen LogP contribution in [0.2, 0.25) is 0 Å². The minimum Gasteiger partial charge on any atom is -0.508 e. The van der Waals surface area contributed by atoms with Gasteiger partial charge < -0.3 is 9.52 Å². The number of amides is 1. The largest absolute Gasteiger partial charge is 0.508 e. The fraction of sp³-hybridized carbons (Fsp3) is 0.100. The third kappa shape index (κ3) is 2.92. The van der Waals surface area contributed by atoms with E-state index in [0.717, 1.165) is 11.3 Å². The zero-order chi connectivity index (χ0) is 17.2. The predicted octanol–water partition coefficient (Wildman–Crippen LogP) is 3.98. The number of rotatable bonds is 3. The van der Waals surface area contributed by atoms with Gasteiger partial charge in [0.1, 0.15) is 17.6 Å². The number of hydrazone groups is 1. The number of phenols is 1. The number of hydrogen-bond donors (Lipinski definition) is 1. The maximum Gasteiger partial charge on any atom is 0.274 e. The molecule has 4 rings (SSSR count). The van der Waals surface area contributed by atoms with Gasteiger partial charge in [0.15, 0.2) is 0 Å². The van der Waals surface area contributed by atoms with Crippen LogP contribution in [0.5, 0.6) is 5.75 Å². The third-order valence-electron chi connectivity index (χ3n) is 4.21. The standard InChI is InChI=1S/C20H16N2O3/c23-16-10-8-14(9-11-16)17-13-18(19-7-4-12-25-19)22(21-17)20(24)15-5-2-1-3-6-15/h1-12,18,23H,13H2/t18-/m1/s1. The summed E-state index contributed by atoms with van der Waals surface area (Å²) < 4.78 is 5.53. The Morgan fingerprint density at radius 3 is 2.48 bits per heavy atom. The zero-order valence-electron chi connectivity index (χ0n) is 13.4. The van der Waals surface area contributed by atoms with E-state index in [9.17, 15) is 9.90 Å². The summed E-state index contributed by atoms with van der Waals surface area (Å²) in [6.45, 7) is 0. The summed E-state index contributed by atoms with van der Waals surface area (Å²) in [5.41, 5.74) is 2.23. The average Bonchev–Trinajstić information content (AvgIpc) is 3.32. The lowest BCUT2D eigenvalue weighted by molar-refractivity contribution is 0.0693. The van der Waals surface area contributed by atoms with E-state index in [0.29, 0.717) is 17.7 Å². The first-order valence-electron chi connectivity index (χ1n) is 8.01. The third-order valence-corrected chi connectivity index (χ3v) is 4.21. The molecule has 0 unspecified atom stereocenters. The minimum atomic E-state index is -0.286. The van der Waals surface area contributed by atoms with Crippen molar-refractivity contribution in [1.29, 1.82) is 0 Å². The van der Waals surface area contributed by atoms with Crippen molar-refractivity contribution in [3.8, 4) is 5.75 Å². The van der Waals surface area contributed by atoms with E-state index < -0.39 is 0 Å². The Morgan fingerprint density at radius 2 is 1.80 bits per heavy atom. The van der Waals surface area contributed by atoms with E-state index in [4.69, 9.17) is 4.42 Å². The molecule has 0 spiro atoms. The first-order valence-corrected chi connectivity index (χ1v) is 8.01. The van der Waals surface area contributed by atoms with Crippen LogP contribution >= 0.6 is 0 Å². The van der Waals surface area contributed by atoms with E-state index in [2.05, 4.69) is 5.10 Å². The molecule has 1 N–H and O–H groups in total. The number of benzene rings is 2. The summed E-state index contributed by atoms with van der Waals surface area (Å²) in [7, 11) is 0. The van der Waals surface area contributed by atoms with Gasteiger partial charge in [-0.2, -0.15) is 5.10 Å². The summed E-state index contributed by atoms with van der Waals surface area (Å²) in [4.78, 5) is 12.9. The van der Waals surface area contributed by atoms with Crippen molar-refractivity contribution in [3.05, 3.63) is 89.9 Å². The van der Waals surface area contributed by atoms with Gasteiger partial charge in [0.25, 0.3) is 5.91 Å². The van der Waals surface area contributed by atoms with Crippen LogP contribution in [0, 0.1) is 0 Å². The summed E-state index contributed by atoms with van der Waals surface area (Å²) in [5.74, 6) is 0.722. The number of carbonyl (C=O) groups excluding carboxylic acids is 1. The Kier molecular flexibility index (Phi) is 3.82. The van der Waals surface area contributed by atoms with Crippen LogP contribution in [0.15, 0.2) is 82.5 Å². The van der Waals surface area contributed by atoms with Gasteiger partial charge in [-0.05, 0) is 54.1 Å². The fourth-order valence-electron chi connectivity index (χ4n) is 2.94. The second kappa shape index (κ2) is 6.28. The highest BCUT2D eigenvalue weighted by Crippen LogP contribution is 2.34. The van der Waals surface area contributed by atoms with Gasteiger partial charge in [0.2, 0.25) is 0 Å². The van der Waals surface area contributed by atoms with Gasteiger partial charge in [0.05, 0.1) is 12.0 Å². The maximum absolute atomic E-state index is 12.9. The Hall–Kier alpha value is -3.34. The molecule has 1 aliphatic rings. The van der Waals surface area contributed by atoms with Gasteiger partial charge in [-0.3, -0.25) is 4.79 Å².